The highest BCUT2D eigenvalue weighted by Crippen LogP contribution is 2.45. The SMILES string of the molecule is CC(C)n1nccc1C(=O)N[C@H](c1nc2ccc([C@H](NC(=O)CC3CC(F)(F)C3)C3CC3)cc2[nH]1)[C@@H]1CC(F)(F)CCO1. The summed E-state index contributed by atoms with van der Waals surface area (Å²) in [6, 6.07) is 5.69. The molecule has 3 aliphatic rings. The Morgan fingerprint density at radius 2 is 1.84 bits per heavy atom. The molecule has 3 atom stereocenters. The van der Waals surface area contributed by atoms with Gasteiger partial charge >= 0.3 is 0 Å². The fraction of sp³-hybridized carbons (Fsp3) is 0.600. The summed E-state index contributed by atoms with van der Waals surface area (Å²) in [6.45, 7) is 3.61. The number of aromatic amines is 1. The Hall–Kier alpha value is -3.48. The van der Waals surface area contributed by atoms with Gasteiger partial charge in [0.25, 0.3) is 11.8 Å². The van der Waals surface area contributed by atoms with Crippen LogP contribution in [0.3, 0.4) is 0 Å². The highest BCUT2D eigenvalue weighted by atomic mass is 19.3. The van der Waals surface area contributed by atoms with Gasteiger partial charge in [-0.05, 0) is 62.3 Å². The Balaban J connectivity index is 1.25. The molecule has 6 rings (SSSR count). The first-order valence-electron chi connectivity index (χ1n) is 14.9. The van der Waals surface area contributed by atoms with Gasteiger partial charge in [0.15, 0.2) is 0 Å². The Labute approximate surface area is 246 Å². The second kappa shape index (κ2) is 11.2. The molecule has 1 aliphatic heterocycles. The normalized spacial score (nSPS) is 23.1. The molecule has 2 saturated carbocycles. The van der Waals surface area contributed by atoms with Crippen molar-refractivity contribution < 1.29 is 31.9 Å². The first-order chi connectivity index (χ1) is 20.4. The summed E-state index contributed by atoms with van der Waals surface area (Å²) < 4.78 is 62.8. The number of halogens is 4. The second-order valence-electron chi connectivity index (χ2n) is 12.5. The quantitative estimate of drug-likeness (QED) is 0.260. The van der Waals surface area contributed by atoms with Crippen molar-refractivity contribution in [1.29, 1.82) is 0 Å². The summed E-state index contributed by atoms with van der Waals surface area (Å²) in [7, 11) is 0. The lowest BCUT2D eigenvalue weighted by atomic mass is 9.79. The summed E-state index contributed by atoms with van der Waals surface area (Å²) in [5.41, 5.74) is 2.29. The summed E-state index contributed by atoms with van der Waals surface area (Å²) in [6.07, 6.45) is 0.933. The molecule has 3 aromatic rings. The molecule has 3 fully saturated rings. The molecule has 2 amide bonds. The van der Waals surface area contributed by atoms with Gasteiger partial charge in [0.05, 0.1) is 29.8 Å². The maximum absolute atomic E-state index is 14.5. The summed E-state index contributed by atoms with van der Waals surface area (Å²) in [5.74, 6) is -6.16. The number of nitrogens with zero attached hydrogens (tertiary/aromatic N) is 3. The molecule has 13 heteroatoms. The first kappa shape index (κ1) is 29.6. The maximum Gasteiger partial charge on any atom is 0.270 e. The molecule has 9 nitrogen and oxygen atoms in total. The van der Waals surface area contributed by atoms with Gasteiger partial charge in [0.2, 0.25) is 11.8 Å². The molecule has 0 bridgehead atoms. The van der Waals surface area contributed by atoms with E-state index in [0.717, 1.165) is 18.4 Å². The number of fused-ring (bicyclic) bond motifs is 1. The van der Waals surface area contributed by atoms with Crippen molar-refractivity contribution in [2.24, 2.45) is 11.8 Å². The van der Waals surface area contributed by atoms with Gasteiger partial charge in [0, 0.05) is 44.3 Å². The molecule has 1 saturated heterocycles. The minimum Gasteiger partial charge on any atom is -0.375 e. The number of rotatable bonds is 10. The number of ether oxygens (including phenoxy) is 1. The molecule has 0 spiro atoms. The zero-order chi connectivity index (χ0) is 30.5. The van der Waals surface area contributed by atoms with E-state index in [2.05, 4.69) is 25.7 Å². The van der Waals surface area contributed by atoms with Crippen LogP contribution in [0.4, 0.5) is 17.6 Å². The van der Waals surface area contributed by atoms with Crippen LogP contribution in [-0.2, 0) is 9.53 Å². The smallest absolute Gasteiger partial charge is 0.270 e. The largest absolute Gasteiger partial charge is 0.375 e. The van der Waals surface area contributed by atoms with E-state index in [0.29, 0.717) is 11.0 Å². The Morgan fingerprint density at radius 1 is 1.07 bits per heavy atom. The third kappa shape index (κ3) is 6.56. The van der Waals surface area contributed by atoms with Crippen LogP contribution >= 0.6 is 0 Å². The van der Waals surface area contributed by atoms with Gasteiger partial charge in [-0.3, -0.25) is 14.3 Å². The Morgan fingerprint density at radius 3 is 2.51 bits per heavy atom. The molecule has 232 valence electrons. The van der Waals surface area contributed by atoms with Crippen LogP contribution in [0.5, 0.6) is 0 Å². The highest BCUT2D eigenvalue weighted by molar-refractivity contribution is 5.93. The van der Waals surface area contributed by atoms with Gasteiger partial charge in [-0.1, -0.05) is 6.07 Å². The lowest BCUT2D eigenvalue weighted by molar-refractivity contribution is -0.136. The molecule has 0 radical (unpaired) electrons. The van der Waals surface area contributed by atoms with Crippen LogP contribution in [0.2, 0.25) is 0 Å². The third-order valence-corrected chi connectivity index (χ3v) is 8.59. The minimum atomic E-state index is -2.95. The second-order valence-corrected chi connectivity index (χ2v) is 12.5. The number of imidazole rings is 1. The molecule has 0 unspecified atom stereocenters. The van der Waals surface area contributed by atoms with E-state index in [1.165, 1.54) is 6.20 Å². The van der Waals surface area contributed by atoms with Crippen LogP contribution in [-0.4, -0.2) is 56.1 Å². The van der Waals surface area contributed by atoms with E-state index < -0.39 is 42.7 Å². The number of benzene rings is 1. The average molecular weight is 605 g/mol. The summed E-state index contributed by atoms with van der Waals surface area (Å²) in [5, 5.41) is 10.1. The zero-order valence-corrected chi connectivity index (χ0v) is 24.1. The van der Waals surface area contributed by atoms with E-state index in [9.17, 15) is 27.2 Å². The van der Waals surface area contributed by atoms with Crippen molar-refractivity contribution in [3.8, 4) is 0 Å². The van der Waals surface area contributed by atoms with Crippen LogP contribution in [0.25, 0.3) is 11.0 Å². The predicted molar refractivity (Wildman–Crippen MR) is 149 cm³/mol. The van der Waals surface area contributed by atoms with Crippen molar-refractivity contribution in [3.63, 3.8) is 0 Å². The summed E-state index contributed by atoms with van der Waals surface area (Å²) in [4.78, 5) is 33.9. The number of H-pyrrole nitrogens is 1. The lowest BCUT2D eigenvalue weighted by Gasteiger charge is -2.34. The number of hydrogen-bond acceptors (Lipinski definition) is 5. The fourth-order valence-electron chi connectivity index (χ4n) is 6.20. The van der Waals surface area contributed by atoms with Crippen molar-refractivity contribution in [2.45, 2.75) is 94.9 Å². The molecule has 2 aliphatic carbocycles. The topological polar surface area (TPSA) is 114 Å². The van der Waals surface area contributed by atoms with Gasteiger partial charge in [0.1, 0.15) is 17.6 Å². The minimum absolute atomic E-state index is 0.0678. The Kier molecular flexibility index (Phi) is 7.72. The van der Waals surface area contributed by atoms with Gasteiger partial charge in [-0.15, -0.1) is 0 Å². The number of carbonyl (C=O) groups is 2. The first-order valence-corrected chi connectivity index (χ1v) is 14.9. The lowest BCUT2D eigenvalue weighted by Crippen LogP contribution is -2.45. The molecular weight excluding hydrogens is 568 g/mol. The van der Waals surface area contributed by atoms with Gasteiger partial charge in [-0.2, -0.15) is 5.10 Å². The van der Waals surface area contributed by atoms with E-state index in [1.54, 1.807) is 16.8 Å². The van der Waals surface area contributed by atoms with E-state index >= 15 is 0 Å². The number of hydrogen-bond donors (Lipinski definition) is 3. The van der Waals surface area contributed by atoms with E-state index in [4.69, 9.17) is 4.74 Å². The van der Waals surface area contributed by atoms with Crippen LogP contribution in [0.1, 0.15) is 98.8 Å². The van der Waals surface area contributed by atoms with Crippen molar-refractivity contribution in [1.82, 2.24) is 30.4 Å². The van der Waals surface area contributed by atoms with Crippen molar-refractivity contribution >= 4 is 22.8 Å². The molecule has 2 aromatic heterocycles. The molecule has 3 N–H and O–H groups in total. The highest BCUT2D eigenvalue weighted by Gasteiger charge is 2.46. The van der Waals surface area contributed by atoms with Crippen molar-refractivity contribution in [2.75, 3.05) is 6.61 Å². The number of alkyl halides is 4. The van der Waals surface area contributed by atoms with Crippen LogP contribution < -0.4 is 10.6 Å². The number of carbonyl (C=O) groups excluding carboxylic acids is 2. The third-order valence-electron chi connectivity index (χ3n) is 8.59. The maximum atomic E-state index is 14.5. The molecular formula is C30H36F4N6O3. The fourth-order valence-corrected chi connectivity index (χ4v) is 6.20. The number of aromatic nitrogens is 4. The van der Waals surface area contributed by atoms with Crippen LogP contribution in [0, 0.1) is 11.8 Å². The monoisotopic (exact) mass is 604 g/mol. The predicted octanol–water partition coefficient (Wildman–Crippen LogP) is 5.63. The molecule has 3 heterocycles. The van der Waals surface area contributed by atoms with Crippen molar-refractivity contribution in [3.05, 3.63) is 47.5 Å². The zero-order valence-electron chi connectivity index (χ0n) is 24.1. The number of nitrogens with one attached hydrogen (secondary N) is 3. The van der Waals surface area contributed by atoms with Gasteiger partial charge in [-0.25, -0.2) is 22.5 Å². The Bertz CT molecular complexity index is 1490. The van der Waals surface area contributed by atoms with E-state index in [-0.39, 0.29) is 67.2 Å². The van der Waals surface area contributed by atoms with Crippen LogP contribution in [0.15, 0.2) is 30.5 Å². The standard InChI is InChI=1S/C30H36F4N6O3/c1-16(2)40-22(7-9-35-40)28(42)39-26(23-15-29(31,32)8-10-43-23)27-36-20-6-5-19(12-21(20)37-27)25(18-3-4-18)38-24(41)11-17-13-30(33,34)14-17/h5-7,9,12,16-18,23,25-26H,3-4,8,10-11,13-15H2,1-2H3,(H,36,37)(H,38,41)(H,39,42)/t23-,25+,26-/m0/s1. The van der Waals surface area contributed by atoms with Gasteiger partial charge < -0.3 is 20.4 Å². The number of amides is 2. The molecule has 1 aromatic carbocycles. The molecule has 43 heavy (non-hydrogen) atoms. The van der Waals surface area contributed by atoms with E-state index in [1.807, 2.05) is 26.0 Å². The summed E-state index contributed by atoms with van der Waals surface area (Å²) >= 11 is 0. The average Bonchev–Trinajstić information content (AvgIpc) is 3.46.